The molecule has 0 aliphatic carbocycles. The number of carbonyl (C=O) groups is 2. The highest BCUT2D eigenvalue weighted by atomic mass is 32.2. The van der Waals surface area contributed by atoms with E-state index in [1.807, 2.05) is 57.2 Å². The Balaban J connectivity index is 1.99. The van der Waals surface area contributed by atoms with Crippen LogP contribution in [-0.4, -0.2) is 50.8 Å². The Labute approximate surface area is 226 Å². The first-order chi connectivity index (χ1) is 18.2. The van der Waals surface area contributed by atoms with E-state index in [0.29, 0.717) is 18.7 Å². The molecule has 0 aromatic heterocycles. The summed E-state index contributed by atoms with van der Waals surface area (Å²) in [6.45, 7) is 7.73. The lowest BCUT2D eigenvalue weighted by atomic mass is 10.1. The minimum Gasteiger partial charge on any atom is -0.354 e. The van der Waals surface area contributed by atoms with E-state index in [1.165, 1.54) is 21.3 Å². The van der Waals surface area contributed by atoms with E-state index in [0.717, 1.165) is 23.1 Å². The van der Waals surface area contributed by atoms with E-state index < -0.39 is 28.5 Å². The highest BCUT2D eigenvalue weighted by Crippen LogP contribution is 2.29. The second-order valence-electron chi connectivity index (χ2n) is 9.33. The summed E-state index contributed by atoms with van der Waals surface area (Å²) in [5.41, 5.74) is 3.14. The summed E-state index contributed by atoms with van der Waals surface area (Å²) in [5, 5.41) is 2.86. The van der Waals surface area contributed by atoms with E-state index in [9.17, 15) is 18.0 Å². The van der Waals surface area contributed by atoms with Gasteiger partial charge in [-0.1, -0.05) is 67.6 Å². The molecule has 3 aromatic carbocycles. The number of nitrogens with zero attached hydrogens (tertiary/aromatic N) is 2. The van der Waals surface area contributed by atoms with Gasteiger partial charge in [0.2, 0.25) is 11.8 Å². The Morgan fingerprint density at radius 3 is 2.16 bits per heavy atom. The summed E-state index contributed by atoms with van der Waals surface area (Å²) in [6, 6.07) is 22.4. The molecular weight excluding hydrogens is 498 g/mol. The number of benzene rings is 3. The molecule has 0 radical (unpaired) electrons. The standard InChI is InChI=1S/C30H37N3O4S/c1-5-20-31-30(35)25(4)32(21-19-26-14-8-6-9-15-26)29(34)22-33(28-18-12-13-23(2)24(28)3)38(36,37)27-16-10-7-11-17-27/h6-18,25H,5,19-22H2,1-4H3,(H,31,35). The van der Waals surface area contributed by atoms with Crippen LogP contribution in [0.2, 0.25) is 0 Å². The van der Waals surface area contributed by atoms with Crippen LogP contribution in [0.3, 0.4) is 0 Å². The smallest absolute Gasteiger partial charge is 0.264 e. The molecular formula is C30H37N3O4S. The molecule has 1 atom stereocenters. The number of aryl methyl sites for hydroxylation is 1. The van der Waals surface area contributed by atoms with Gasteiger partial charge in [0, 0.05) is 13.1 Å². The molecule has 0 aliphatic heterocycles. The van der Waals surface area contributed by atoms with E-state index in [4.69, 9.17) is 0 Å². The van der Waals surface area contributed by atoms with Crippen molar-refractivity contribution >= 4 is 27.5 Å². The molecule has 7 nitrogen and oxygen atoms in total. The molecule has 1 N–H and O–H groups in total. The van der Waals surface area contributed by atoms with Crippen molar-refractivity contribution in [1.29, 1.82) is 0 Å². The molecule has 0 saturated carbocycles. The largest absolute Gasteiger partial charge is 0.354 e. The van der Waals surface area contributed by atoms with Crippen molar-refractivity contribution in [2.24, 2.45) is 0 Å². The number of hydrogen-bond donors (Lipinski definition) is 1. The Bertz CT molecular complexity index is 1330. The van der Waals surface area contributed by atoms with Crippen LogP contribution in [-0.2, 0) is 26.0 Å². The van der Waals surface area contributed by atoms with Crippen molar-refractivity contribution in [2.45, 2.75) is 51.5 Å². The maximum absolute atomic E-state index is 13.9. The van der Waals surface area contributed by atoms with Crippen LogP contribution in [0, 0.1) is 13.8 Å². The van der Waals surface area contributed by atoms with E-state index in [-0.39, 0.29) is 17.3 Å². The maximum atomic E-state index is 13.9. The fraction of sp³-hybridized carbons (Fsp3) is 0.333. The van der Waals surface area contributed by atoms with Gasteiger partial charge in [-0.25, -0.2) is 8.42 Å². The molecule has 0 spiro atoms. The third-order valence-electron chi connectivity index (χ3n) is 6.66. The van der Waals surface area contributed by atoms with Crippen LogP contribution in [0.4, 0.5) is 5.69 Å². The normalized spacial score (nSPS) is 12.0. The van der Waals surface area contributed by atoms with Gasteiger partial charge in [-0.3, -0.25) is 13.9 Å². The van der Waals surface area contributed by atoms with Crippen LogP contribution in [0.15, 0.2) is 83.8 Å². The number of carbonyl (C=O) groups excluding carboxylic acids is 2. The van der Waals surface area contributed by atoms with Crippen molar-refractivity contribution < 1.29 is 18.0 Å². The average Bonchev–Trinajstić information content (AvgIpc) is 2.93. The Morgan fingerprint density at radius 1 is 0.895 bits per heavy atom. The minimum absolute atomic E-state index is 0.0956. The number of sulfonamides is 1. The van der Waals surface area contributed by atoms with Gasteiger partial charge in [-0.2, -0.15) is 0 Å². The molecule has 0 aliphatic rings. The van der Waals surface area contributed by atoms with E-state index in [2.05, 4.69) is 5.32 Å². The topological polar surface area (TPSA) is 86.8 Å². The lowest BCUT2D eigenvalue weighted by molar-refractivity contribution is -0.138. The summed E-state index contributed by atoms with van der Waals surface area (Å²) in [5.74, 6) is -0.710. The first-order valence-electron chi connectivity index (χ1n) is 12.9. The first-order valence-corrected chi connectivity index (χ1v) is 14.4. The van der Waals surface area contributed by atoms with Crippen molar-refractivity contribution in [3.63, 3.8) is 0 Å². The average molecular weight is 536 g/mol. The fourth-order valence-corrected chi connectivity index (χ4v) is 5.70. The van der Waals surface area contributed by atoms with Crippen LogP contribution in [0.25, 0.3) is 0 Å². The number of nitrogens with one attached hydrogen (secondary N) is 1. The van der Waals surface area contributed by atoms with Crippen LogP contribution in [0.1, 0.15) is 37.0 Å². The van der Waals surface area contributed by atoms with Crippen LogP contribution >= 0.6 is 0 Å². The third-order valence-corrected chi connectivity index (χ3v) is 8.43. The number of rotatable bonds is 12. The van der Waals surface area contributed by atoms with E-state index >= 15 is 0 Å². The first kappa shape index (κ1) is 28.9. The zero-order valence-corrected chi connectivity index (χ0v) is 23.4. The predicted molar refractivity (Wildman–Crippen MR) is 152 cm³/mol. The zero-order valence-electron chi connectivity index (χ0n) is 22.6. The fourth-order valence-electron chi connectivity index (χ4n) is 4.20. The SMILES string of the molecule is CCCNC(=O)C(C)N(CCc1ccccc1)C(=O)CN(c1cccc(C)c1C)S(=O)(=O)c1ccccc1. The number of anilines is 1. The second-order valence-corrected chi connectivity index (χ2v) is 11.2. The molecule has 1 unspecified atom stereocenters. The number of amides is 2. The molecule has 38 heavy (non-hydrogen) atoms. The van der Waals surface area contributed by atoms with Gasteiger partial charge >= 0.3 is 0 Å². The van der Waals surface area contributed by atoms with Crippen molar-refractivity contribution in [2.75, 3.05) is 23.9 Å². The molecule has 0 heterocycles. The lowest BCUT2D eigenvalue weighted by Crippen LogP contribution is -2.52. The Morgan fingerprint density at radius 2 is 1.53 bits per heavy atom. The summed E-state index contributed by atoms with van der Waals surface area (Å²) < 4.78 is 28.9. The zero-order chi connectivity index (χ0) is 27.7. The van der Waals surface area contributed by atoms with Gasteiger partial charge in [0.1, 0.15) is 12.6 Å². The van der Waals surface area contributed by atoms with Crippen molar-refractivity contribution in [3.8, 4) is 0 Å². The number of hydrogen-bond acceptors (Lipinski definition) is 4. The van der Waals surface area contributed by atoms with Gasteiger partial charge in [-0.05, 0) is 68.5 Å². The lowest BCUT2D eigenvalue weighted by Gasteiger charge is -2.32. The maximum Gasteiger partial charge on any atom is 0.264 e. The van der Waals surface area contributed by atoms with Crippen molar-refractivity contribution in [3.05, 3.63) is 95.6 Å². The van der Waals surface area contributed by atoms with Crippen LogP contribution in [0.5, 0.6) is 0 Å². The molecule has 2 amide bonds. The molecule has 0 fully saturated rings. The molecule has 0 bridgehead atoms. The molecule has 3 rings (SSSR count). The second kappa shape index (κ2) is 13.2. The van der Waals surface area contributed by atoms with Gasteiger partial charge in [0.05, 0.1) is 10.6 Å². The summed E-state index contributed by atoms with van der Waals surface area (Å²) in [6.07, 6.45) is 1.30. The monoisotopic (exact) mass is 535 g/mol. The Hall–Kier alpha value is -3.65. The molecule has 202 valence electrons. The third kappa shape index (κ3) is 7.01. The Kier molecular flexibility index (Phi) is 10.1. The van der Waals surface area contributed by atoms with E-state index in [1.54, 1.807) is 37.3 Å². The summed E-state index contributed by atoms with van der Waals surface area (Å²) in [4.78, 5) is 28.4. The van der Waals surface area contributed by atoms with Crippen LogP contribution < -0.4 is 9.62 Å². The quantitative estimate of drug-likeness (QED) is 0.370. The highest BCUT2D eigenvalue weighted by Gasteiger charge is 2.32. The summed E-state index contributed by atoms with van der Waals surface area (Å²) >= 11 is 0. The van der Waals surface area contributed by atoms with Gasteiger partial charge < -0.3 is 10.2 Å². The minimum atomic E-state index is -4.06. The van der Waals surface area contributed by atoms with Crippen molar-refractivity contribution in [1.82, 2.24) is 10.2 Å². The van der Waals surface area contributed by atoms with Gasteiger partial charge in [0.15, 0.2) is 0 Å². The molecule has 8 heteroatoms. The molecule has 3 aromatic rings. The van der Waals surface area contributed by atoms with Gasteiger partial charge in [-0.15, -0.1) is 0 Å². The predicted octanol–water partition coefficient (Wildman–Crippen LogP) is 4.48. The van der Waals surface area contributed by atoms with Gasteiger partial charge in [0.25, 0.3) is 10.0 Å². The molecule has 0 saturated heterocycles. The highest BCUT2D eigenvalue weighted by molar-refractivity contribution is 7.92. The summed E-state index contributed by atoms with van der Waals surface area (Å²) in [7, 11) is -4.06.